The summed E-state index contributed by atoms with van der Waals surface area (Å²) in [5.74, 6) is 0. The third kappa shape index (κ3) is 4.35. The van der Waals surface area contributed by atoms with Gasteiger partial charge in [-0.3, -0.25) is 9.98 Å². The molecule has 0 fully saturated rings. The lowest BCUT2D eigenvalue weighted by atomic mass is 10.0. The second-order valence-corrected chi connectivity index (χ2v) is 9.96. The number of aliphatic imine (C=N–C) groups is 2. The van der Waals surface area contributed by atoms with Crippen LogP contribution in [0.5, 0.6) is 0 Å². The van der Waals surface area contributed by atoms with Crippen LogP contribution in [-0.4, -0.2) is 11.4 Å². The Morgan fingerprint density at radius 2 is 0.921 bits per heavy atom. The van der Waals surface area contributed by atoms with Crippen LogP contribution in [-0.2, 0) is 26.2 Å². The molecule has 8 rings (SSSR count). The molecule has 0 aromatic heterocycles. The van der Waals surface area contributed by atoms with E-state index in [0.717, 1.165) is 24.5 Å². The summed E-state index contributed by atoms with van der Waals surface area (Å²) in [5, 5.41) is 0. The maximum absolute atomic E-state index is 5.03. The zero-order valence-corrected chi connectivity index (χ0v) is 21.2. The van der Waals surface area contributed by atoms with Crippen LogP contribution in [0.25, 0.3) is 0 Å². The predicted molar refractivity (Wildman–Crippen MR) is 157 cm³/mol. The highest BCUT2D eigenvalue weighted by molar-refractivity contribution is 6.14. The van der Waals surface area contributed by atoms with Crippen LogP contribution in [0.3, 0.4) is 0 Å². The zero-order chi connectivity index (χ0) is 25.3. The molecular weight excluding hydrogens is 464 g/mol. The van der Waals surface area contributed by atoms with Crippen molar-refractivity contribution in [2.45, 2.75) is 26.2 Å². The molecule has 8 bridgehead atoms. The summed E-state index contributed by atoms with van der Waals surface area (Å²) in [7, 11) is 0. The van der Waals surface area contributed by atoms with E-state index in [0.29, 0.717) is 13.1 Å². The summed E-state index contributed by atoms with van der Waals surface area (Å²) in [5.41, 5.74) is 11.7. The maximum atomic E-state index is 5.03. The first-order valence-electron chi connectivity index (χ1n) is 13.1. The minimum absolute atomic E-state index is 0.637. The molecule has 0 atom stereocenters. The van der Waals surface area contributed by atoms with Crippen molar-refractivity contribution in [3.8, 4) is 0 Å². The van der Waals surface area contributed by atoms with E-state index in [4.69, 9.17) is 9.98 Å². The second kappa shape index (κ2) is 9.64. The quantitative estimate of drug-likeness (QED) is 0.263. The summed E-state index contributed by atoms with van der Waals surface area (Å²) in [6.45, 7) is 2.89. The van der Waals surface area contributed by atoms with Crippen molar-refractivity contribution in [3.63, 3.8) is 0 Å². The molecule has 0 spiro atoms. The van der Waals surface area contributed by atoms with Crippen LogP contribution < -0.4 is 9.80 Å². The topological polar surface area (TPSA) is 31.2 Å². The van der Waals surface area contributed by atoms with Gasteiger partial charge in [0.05, 0.1) is 35.9 Å². The van der Waals surface area contributed by atoms with Crippen molar-refractivity contribution >= 4 is 22.8 Å². The van der Waals surface area contributed by atoms with E-state index in [-0.39, 0.29) is 0 Å². The van der Waals surface area contributed by atoms with Gasteiger partial charge in [-0.2, -0.15) is 0 Å². The summed E-state index contributed by atoms with van der Waals surface area (Å²) in [4.78, 5) is 14.7. The van der Waals surface area contributed by atoms with E-state index < -0.39 is 0 Å². The molecule has 4 aliphatic rings. The second-order valence-electron chi connectivity index (χ2n) is 9.96. The lowest BCUT2D eigenvalue weighted by Gasteiger charge is -2.29. The molecule has 4 heteroatoms. The van der Waals surface area contributed by atoms with Crippen molar-refractivity contribution in [1.29, 1.82) is 0 Å². The van der Waals surface area contributed by atoms with Crippen LogP contribution in [0.2, 0.25) is 0 Å². The average Bonchev–Trinajstić information content (AvgIpc) is 2.96. The third-order valence-corrected chi connectivity index (χ3v) is 7.36. The number of benzene rings is 4. The molecule has 4 nitrogen and oxygen atoms in total. The van der Waals surface area contributed by atoms with Gasteiger partial charge in [-0.1, -0.05) is 84.9 Å². The number of hydrogen-bond acceptors (Lipinski definition) is 4. The van der Waals surface area contributed by atoms with Gasteiger partial charge >= 0.3 is 0 Å². The molecule has 4 aromatic carbocycles. The van der Waals surface area contributed by atoms with Crippen LogP contribution in [0.4, 0.5) is 11.4 Å². The average molecular weight is 493 g/mol. The molecule has 0 saturated carbocycles. The van der Waals surface area contributed by atoms with E-state index in [2.05, 4.69) is 131 Å². The Balaban J connectivity index is 1.33. The van der Waals surface area contributed by atoms with Crippen LogP contribution in [0.15, 0.2) is 132 Å². The fraction of sp³-hybridized carbons (Fsp3) is 0.118. The van der Waals surface area contributed by atoms with Crippen LogP contribution in [0.1, 0.15) is 33.4 Å². The number of fused-ring (bicyclic) bond motifs is 3. The first-order valence-corrected chi connectivity index (χ1v) is 13.1. The van der Waals surface area contributed by atoms with Crippen LogP contribution in [0, 0.1) is 0 Å². The van der Waals surface area contributed by atoms with Gasteiger partial charge in [0.25, 0.3) is 0 Å². The highest BCUT2D eigenvalue weighted by Gasteiger charge is 2.19. The molecule has 0 N–H and O–H groups in total. The van der Waals surface area contributed by atoms with Crippen molar-refractivity contribution in [2.75, 3.05) is 9.80 Å². The number of hydrogen-bond donors (Lipinski definition) is 0. The van der Waals surface area contributed by atoms with Gasteiger partial charge in [0.2, 0.25) is 0 Å². The van der Waals surface area contributed by atoms with E-state index >= 15 is 0 Å². The van der Waals surface area contributed by atoms with Gasteiger partial charge < -0.3 is 9.80 Å². The molecule has 4 aliphatic heterocycles. The fourth-order valence-corrected chi connectivity index (χ4v) is 5.49. The van der Waals surface area contributed by atoms with E-state index in [9.17, 15) is 0 Å². The molecule has 4 aromatic rings. The summed E-state index contributed by atoms with van der Waals surface area (Å²) in [6, 6.07) is 34.7. The molecule has 4 heterocycles. The van der Waals surface area contributed by atoms with Gasteiger partial charge in [-0.25, -0.2) is 0 Å². The van der Waals surface area contributed by atoms with Crippen molar-refractivity contribution in [3.05, 3.63) is 155 Å². The molecule has 38 heavy (non-hydrogen) atoms. The smallest absolute Gasteiger partial charge is 0.0686 e. The third-order valence-electron chi connectivity index (χ3n) is 7.36. The van der Waals surface area contributed by atoms with Crippen molar-refractivity contribution in [1.82, 2.24) is 0 Å². The molecule has 184 valence electrons. The van der Waals surface area contributed by atoms with Crippen molar-refractivity contribution < 1.29 is 0 Å². The Hall–Kier alpha value is -4.70. The monoisotopic (exact) mass is 492 g/mol. The minimum Gasteiger partial charge on any atom is -0.343 e. The fourth-order valence-electron chi connectivity index (χ4n) is 5.49. The highest BCUT2D eigenvalue weighted by atomic mass is 15.1. The summed E-state index contributed by atoms with van der Waals surface area (Å²) < 4.78 is 0. The number of allylic oxidation sites excluding steroid dienone is 2. The molecular formula is C34H28N4. The number of anilines is 2. The summed E-state index contributed by atoms with van der Waals surface area (Å²) in [6.07, 6.45) is 8.63. The van der Waals surface area contributed by atoms with Gasteiger partial charge in [0.15, 0.2) is 0 Å². The SMILES string of the molecule is C1=CN2Cc3cccc(c3)CN3C=CC(=NCc4cccc(c4)CN=C1c1ccccc12)c1ccccc13. The van der Waals surface area contributed by atoms with Crippen LogP contribution >= 0.6 is 0 Å². The predicted octanol–water partition coefficient (Wildman–Crippen LogP) is 7.05. The van der Waals surface area contributed by atoms with Gasteiger partial charge in [-0.05, 0) is 46.5 Å². The zero-order valence-electron chi connectivity index (χ0n) is 21.2. The minimum atomic E-state index is 0.637. The molecule has 0 aliphatic carbocycles. The Kier molecular flexibility index (Phi) is 5.71. The first-order chi connectivity index (χ1) is 18.8. The number of nitrogens with zero attached hydrogens (tertiary/aromatic N) is 4. The normalized spacial score (nSPS) is 16.0. The molecule has 0 saturated heterocycles. The van der Waals surface area contributed by atoms with E-state index in [1.54, 1.807) is 0 Å². The van der Waals surface area contributed by atoms with Gasteiger partial charge in [0.1, 0.15) is 0 Å². The number of rotatable bonds is 0. The molecule has 0 amide bonds. The van der Waals surface area contributed by atoms with Gasteiger partial charge in [0, 0.05) is 36.6 Å². The molecule has 0 radical (unpaired) electrons. The maximum Gasteiger partial charge on any atom is 0.0686 e. The molecule has 0 unspecified atom stereocenters. The highest BCUT2D eigenvalue weighted by Crippen LogP contribution is 2.30. The lowest BCUT2D eigenvalue weighted by Crippen LogP contribution is -2.24. The van der Waals surface area contributed by atoms with Crippen molar-refractivity contribution in [2.24, 2.45) is 9.98 Å². The number of para-hydroxylation sites is 2. The largest absolute Gasteiger partial charge is 0.343 e. The first kappa shape index (κ1) is 22.5. The Morgan fingerprint density at radius 3 is 1.45 bits per heavy atom. The Labute approximate surface area is 223 Å². The van der Waals surface area contributed by atoms with E-state index in [1.807, 2.05) is 0 Å². The van der Waals surface area contributed by atoms with E-state index in [1.165, 1.54) is 44.8 Å². The lowest BCUT2D eigenvalue weighted by molar-refractivity contribution is 0.930. The summed E-state index contributed by atoms with van der Waals surface area (Å²) >= 11 is 0. The standard InChI is InChI=1S/C34H28N4/c1-3-13-33-29(11-1)31-15-17-37(33)23-27-9-6-10-28(20-27)24-38-18-16-32(30-12-2-4-14-34(30)38)36-22-26-8-5-7-25(19-26)21-35-31/h1-20H,21-24H2. The van der Waals surface area contributed by atoms with Gasteiger partial charge in [-0.15, -0.1) is 0 Å². The Bertz CT molecular complexity index is 1530. The Morgan fingerprint density at radius 1 is 0.474 bits per heavy atom.